The van der Waals surface area contributed by atoms with Crippen LogP contribution in [0.25, 0.3) is 6.08 Å². The molecule has 5 heteroatoms. The minimum Gasteiger partial charge on any atom is -0.482 e. The molecule has 0 bridgehead atoms. The van der Waals surface area contributed by atoms with Crippen LogP contribution < -0.4 is 10.5 Å². The van der Waals surface area contributed by atoms with Crippen LogP contribution in [-0.4, -0.2) is 4.92 Å². The molecule has 1 aliphatic carbocycles. The van der Waals surface area contributed by atoms with E-state index in [0.717, 1.165) is 11.1 Å². The highest BCUT2D eigenvalue weighted by Crippen LogP contribution is 2.30. The van der Waals surface area contributed by atoms with Gasteiger partial charge in [0, 0.05) is 23.4 Å². The summed E-state index contributed by atoms with van der Waals surface area (Å²) in [5.41, 5.74) is 8.60. The van der Waals surface area contributed by atoms with Gasteiger partial charge in [-0.2, -0.15) is 0 Å². The third-order valence-electron chi connectivity index (χ3n) is 3.41. The zero-order chi connectivity index (χ0) is 15.5. The Balaban J connectivity index is 1.91. The highest BCUT2D eigenvalue weighted by Gasteiger charge is 2.16. The Morgan fingerprint density at radius 3 is 2.50 bits per heavy atom. The fourth-order valence-corrected chi connectivity index (χ4v) is 2.32. The second-order valence-corrected chi connectivity index (χ2v) is 4.92. The van der Waals surface area contributed by atoms with Crippen LogP contribution in [0.4, 0.5) is 5.69 Å². The van der Waals surface area contributed by atoms with Gasteiger partial charge in [0.1, 0.15) is 11.9 Å². The number of fused-ring (bicyclic) bond motifs is 1. The lowest BCUT2D eigenvalue weighted by Crippen LogP contribution is -2.08. The minimum absolute atomic E-state index is 0.0327. The van der Waals surface area contributed by atoms with Crippen LogP contribution in [0.1, 0.15) is 17.2 Å². The average Bonchev–Trinajstić information content (AvgIpc) is 2.68. The minimum atomic E-state index is -0.438. The van der Waals surface area contributed by atoms with Gasteiger partial charge in [0.2, 0.25) is 0 Å². The molecule has 0 radical (unpaired) electrons. The van der Waals surface area contributed by atoms with Crippen molar-refractivity contribution in [3.8, 4) is 5.75 Å². The largest absolute Gasteiger partial charge is 0.482 e. The summed E-state index contributed by atoms with van der Waals surface area (Å²) in [6, 6.07) is 13.9. The molecule has 0 saturated heterocycles. The van der Waals surface area contributed by atoms with Crippen LogP contribution in [-0.2, 0) is 0 Å². The third-order valence-corrected chi connectivity index (χ3v) is 3.41. The van der Waals surface area contributed by atoms with Crippen molar-refractivity contribution in [2.75, 3.05) is 0 Å². The topological polar surface area (TPSA) is 78.4 Å². The van der Waals surface area contributed by atoms with Crippen molar-refractivity contribution in [1.29, 1.82) is 0 Å². The van der Waals surface area contributed by atoms with Gasteiger partial charge in [-0.1, -0.05) is 30.3 Å². The molecule has 3 rings (SSSR count). The Kier molecular flexibility index (Phi) is 3.62. The number of allylic oxidation sites excluding steroid dienone is 1. The lowest BCUT2D eigenvalue weighted by Gasteiger charge is -2.17. The molecule has 0 saturated carbocycles. The maximum Gasteiger partial charge on any atom is 0.269 e. The Morgan fingerprint density at radius 2 is 1.77 bits per heavy atom. The number of benzene rings is 2. The van der Waals surface area contributed by atoms with Gasteiger partial charge in [-0.25, -0.2) is 0 Å². The van der Waals surface area contributed by atoms with E-state index in [2.05, 4.69) is 0 Å². The van der Waals surface area contributed by atoms with E-state index in [4.69, 9.17) is 10.5 Å². The monoisotopic (exact) mass is 294 g/mol. The molecular formula is C17H14N2O3. The van der Waals surface area contributed by atoms with Crippen LogP contribution in [0.5, 0.6) is 5.75 Å². The summed E-state index contributed by atoms with van der Waals surface area (Å²) in [4.78, 5) is 10.2. The van der Waals surface area contributed by atoms with Gasteiger partial charge < -0.3 is 10.5 Å². The number of nitrogens with zero attached hydrogens (tertiary/aromatic N) is 1. The highest BCUT2D eigenvalue weighted by atomic mass is 16.6. The highest BCUT2D eigenvalue weighted by molar-refractivity contribution is 5.60. The first-order valence-corrected chi connectivity index (χ1v) is 6.79. The Morgan fingerprint density at radius 1 is 1.05 bits per heavy atom. The zero-order valence-corrected chi connectivity index (χ0v) is 11.7. The summed E-state index contributed by atoms with van der Waals surface area (Å²) in [5, 5.41) is 10.7. The summed E-state index contributed by atoms with van der Waals surface area (Å²) >= 11 is 0. The summed E-state index contributed by atoms with van der Waals surface area (Å²) in [6.45, 7) is 0. The van der Waals surface area contributed by atoms with Crippen molar-refractivity contribution in [2.45, 2.75) is 6.10 Å². The Labute approximate surface area is 127 Å². The maximum absolute atomic E-state index is 10.7. The molecule has 1 atom stereocenters. The normalized spacial score (nSPS) is 16.4. The second-order valence-electron chi connectivity index (χ2n) is 4.92. The first-order valence-electron chi connectivity index (χ1n) is 6.79. The summed E-state index contributed by atoms with van der Waals surface area (Å²) in [6.07, 6.45) is 5.26. The molecule has 2 aromatic carbocycles. The molecule has 0 spiro atoms. The summed E-state index contributed by atoms with van der Waals surface area (Å²) in [5.74, 6) is 0.552. The number of non-ortho nitro benzene ring substituents is 1. The molecule has 1 unspecified atom stereocenters. The predicted octanol–water partition coefficient (Wildman–Crippen LogP) is 3.58. The average molecular weight is 294 g/mol. The Bertz CT molecular complexity index is 764. The number of nitro benzene ring substituents is 1. The van der Waals surface area contributed by atoms with Gasteiger partial charge in [-0.15, -0.1) is 0 Å². The third kappa shape index (κ3) is 2.83. The van der Waals surface area contributed by atoms with Gasteiger partial charge in [0.15, 0.2) is 0 Å². The molecule has 0 aromatic heterocycles. The van der Waals surface area contributed by atoms with Crippen molar-refractivity contribution >= 4 is 11.8 Å². The fourth-order valence-electron chi connectivity index (χ4n) is 2.32. The van der Waals surface area contributed by atoms with E-state index in [0.29, 0.717) is 11.4 Å². The molecule has 5 nitrogen and oxygen atoms in total. The molecule has 1 aliphatic rings. The zero-order valence-electron chi connectivity index (χ0n) is 11.7. The van der Waals surface area contributed by atoms with Crippen molar-refractivity contribution in [1.82, 2.24) is 0 Å². The number of hydrogen-bond acceptors (Lipinski definition) is 4. The van der Waals surface area contributed by atoms with Crippen molar-refractivity contribution in [3.05, 3.63) is 87.6 Å². The molecule has 0 aliphatic heterocycles. The molecule has 110 valence electrons. The van der Waals surface area contributed by atoms with E-state index < -0.39 is 4.92 Å². The van der Waals surface area contributed by atoms with E-state index in [9.17, 15) is 10.1 Å². The molecule has 2 N–H and O–H groups in total. The van der Waals surface area contributed by atoms with Crippen LogP contribution in [0.15, 0.2) is 66.4 Å². The molecule has 22 heavy (non-hydrogen) atoms. The number of nitro groups is 1. The predicted molar refractivity (Wildman–Crippen MR) is 84.2 cm³/mol. The number of ether oxygens (including phenoxy) is 1. The van der Waals surface area contributed by atoms with Crippen molar-refractivity contribution in [2.24, 2.45) is 5.73 Å². The molecular weight excluding hydrogens is 280 g/mol. The van der Waals surface area contributed by atoms with Gasteiger partial charge >= 0.3 is 0 Å². The maximum atomic E-state index is 10.7. The van der Waals surface area contributed by atoms with Crippen molar-refractivity contribution < 1.29 is 9.66 Å². The van der Waals surface area contributed by atoms with Gasteiger partial charge in [-0.05, 0) is 29.8 Å². The second kappa shape index (κ2) is 5.73. The van der Waals surface area contributed by atoms with Gasteiger partial charge in [0.25, 0.3) is 5.69 Å². The lowest BCUT2D eigenvalue weighted by atomic mass is 10.0. The quantitative estimate of drug-likeness (QED) is 0.693. The van der Waals surface area contributed by atoms with Crippen LogP contribution >= 0.6 is 0 Å². The van der Waals surface area contributed by atoms with E-state index in [1.807, 2.05) is 42.5 Å². The Hall–Kier alpha value is -3.08. The first-order chi connectivity index (χ1) is 10.6. The smallest absolute Gasteiger partial charge is 0.269 e. The van der Waals surface area contributed by atoms with E-state index in [1.54, 1.807) is 12.1 Å². The van der Waals surface area contributed by atoms with Gasteiger partial charge in [-0.3, -0.25) is 10.1 Å². The molecule has 0 fully saturated rings. The lowest BCUT2D eigenvalue weighted by molar-refractivity contribution is -0.384. The number of rotatable bonds is 3. The van der Waals surface area contributed by atoms with Crippen LogP contribution in [0.2, 0.25) is 0 Å². The fraction of sp³-hybridized carbons (Fsp3) is 0.0588. The summed E-state index contributed by atoms with van der Waals surface area (Å²) in [7, 11) is 0. The van der Waals surface area contributed by atoms with Crippen LogP contribution in [0.3, 0.4) is 0 Å². The SMILES string of the molecule is NC1=CC(Oc2ccc([N+](=O)[O-])cc2)c2ccccc2C=C1. The van der Waals surface area contributed by atoms with E-state index >= 15 is 0 Å². The molecule has 2 aromatic rings. The number of hydrogen-bond donors (Lipinski definition) is 1. The standard InChI is InChI=1S/C17H14N2O3/c18-13-6-5-12-3-1-2-4-16(12)17(11-13)22-15-9-7-14(8-10-15)19(20)21/h1-11,17H,18H2. The first kappa shape index (κ1) is 13.9. The van der Waals surface area contributed by atoms with Crippen LogP contribution in [0, 0.1) is 10.1 Å². The molecule has 0 amide bonds. The van der Waals surface area contributed by atoms with Gasteiger partial charge in [0.05, 0.1) is 4.92 Å². The van der Waals surface area contributed by atoms with E-state index in [1.165, 1.54) is 12.1 Å². The number of nitrogens with two attached hydrogens (primary N) is 1. The molecule has 0 heterocycles. The van der Waals surface area contributed by atoms with E-state index in [-0.39, 0.29) is 11.8 Å². The van der Waals surface area contributed by atoms with Crippen molar-refractivity contribution in [3.63, 3.8) is 0 Å². The summed E-state index contributed by atoms with van der Waals surface area (Å²) < 4.78 is 5.95.